The Kier molecular flexibility index (Phi) is 5.15. The average Bonchev–Trinajstić information content (AvgIpc) is 3.24. The molecule has 3 aromatic rings. The van der Waals surface area contributed by atoms with Gasteiger partial charge >= 0.3 is 5.97 Å². The summed E-state index contributed by atoms with van der Waals surface area (Å²) in [6.45, 7) is 6.10. The topological polar surface area (TPSA) is 73.2 Å². The Balaban J connectivity index is 1.91. The van der Waals surface area contributed by atoms with Gasteiger partial charge < -0.3 is 10.1 Å². The minimum atomic E-state index is -0.423. The summed E-state index contributed by atoms with van der Waals surface area (Å²) < 4.78 is 6.69. The quantitative estimate of drug-likeness (QED) is 0.660. The maximum atomic E-state index is 12.7. The number of fused-ring (bicyclic) bond motifs is 1. The lowest BCUT2D eigenvalue weighted by atomic mass is 10.0. The van der Waals surface area contributed by atoms with Crippen molar-refractivity contribution in [3.8, 4) is 0 Å². The van der Waals surface area contributed by atoms with Gasteiger partial charge in [0.25, 0.3) is 5.91 Å². The molecule has 26 heavy (non-hydrogen) atoms. The highest BCUT2D eigenvalue weighted by atomic mass is 32.1. The Labute approximate surface area is 159 Å². The van der Waals surface area contributed by atoms with Gasteiger partial charge in [0, 0.05) is 12.4 Å². The van der Waals surface area contributed by atoms with E-state index in [9.17, 15) is 9.59 Å². The van der Waals surface area contributed by atoms with E-state index in [2.05, 4.69) is 24.3 Å². The zero-order chi connectivity index (χ0) is 19.0. The molecule has 8 heteroatoms. The van der Waals surface area contributed by atoms with Gasteiger partial charge in [0.05, 0.1) is 23.2 Å². The van der Waals surface area contributed by atoms with Crippen LogP contribution in [0.3, 0.4) is 0 Å². The highest BCUT2D eigenvalue weighted by molar-refractivity contribution is 7.20. The second kappa shape index (κ2) is 7.20. The molecule has 0 aliphatic heterocycles. The van der Waals surface area contributed by atoms with E-state index in [0.29, 0.717) is 21.4 Å². The van der Waals surface area contributed by atoms with Gasteiger partial charge in [-0.25, -0.2) is 4.79 Å². The van der Waals surface area contributed by atoms with Crippen LogP contribution in [0.15, 0.2) is 11.4 Å². The lowest BCUT2D eigenvalue weighted by molar-refractivity contribution is 0.0601. The SMILES string of the molecule is COC(=O)c1c(CC(C)C)csc1NC(=O)c1cc2c(C)nn(C)c2s1. The maximum absolute atomic E-state index is 12.7. The van der Waals surface area contributed by atoms with E-state index >= 15 is 0 Å². The number of thiophene rings is 2. The van der Waals surface area contributed by atoms with E-state index in [1.807, 2.05) is 25.4 Å². The molecule has 3 aromatic heterocycles. The molecule has 0 bridgehead atoms. The van der Waals surface area contributed by atoms with E-state index in [-0.39, 0.29) is 5.91 Å². The Morgan fingerprint density at radius 1 is 1.38 bits per heavy atom. The van der Waals surface area contributed by atoms with Gasteiger partial charge in [0.1, 0.15) is 9.83 Å². The minimum Gasteiger partial charge on any atom is -0.465 e. The van der Waals surface area contributed by atoms with Crippen molar-refractivity contribution in [2.45, 2.75) is 27.2 Å². The number of hydrogen-bond donors (Lipinski definition) is 1. The summed E-state index contributed by atoms with van der Waals surface area (Å²) in [4.78, 5) is 26.5. The van der Waals surface area contributed by atoms with E-state index in [4.69, 9.17) is 4.74 Å². The van der Waals surface area contributed by atoms with Gasteiger partial charge in [-0.3, -0.25) is 9.48 Å². The van der Waals surface area contributed by atoms with Crippen molar-refractivity contribution in [3.63, 3.8) is 0 Å². The molecule has 1 amide bonds. The average molecular weight is 392 g/mol. The first-order chi connectivity index (χ1) is 12.3. The smallest absolute Gasteiger partial charge is 0.341 e. The molecule has 0 aliphatic rings. The van der Waals surface area contributed by atoms with E-state index < -0.39 is 5.97 Å². The van der Waals surface area contributed by atoms with Crippen molar-refractivity contribution in [1.82, 2.24) is 9.78 Å². The number of aromatic nitrogens is 2. The molecule has 0 saturated carbocycles. The first-order valence-corrected chi connectivity index (χ1v) is 9.94. The van der Waals surface area contributed by atoms with Crippen LogP contribution in [0.5, 0.6) is 0 Å². The van der Waals surface area contributed by atoms with Gasteiger partial charge in [-0.2, -0.15) is 5.10 Å². The molecule has 3 rings (SSSR count). The molecule has 3 heterocycles. The zero-order valence-corrected chi connectivity index (χ0v) is 17.0. The highest BCUT2D eigenvalue weighted by Gasteiger charge is 2.23. The van der Waals surface area contributed by atoms with E-state index in [1.54, 1.807) is 4.68 Å². The van der Waals surface area contributed by atoms with Crippen LogP contribution in [-0.4, -0.2) is 28.8 Å². The Morgan fingerprint density at radius 3 is 2.73 bits per heavy atom. The molecule has 0 aromatic carbocycles. The third-order valence-corrected chi connectivity index (χ3v) is 6.18. The second-order valence-electron chi connectivity index (χ2n) is 6.55. The van der Waals surface area contributed by atoms with Crippen molar-refractivity contribution < 1.29 is 14.3 Å². The molecule has 0 atom stereocenters. The van der Waals surface area contributed by atoms with Crippen molar-refractivity contribution in [3.05, 3.63) is 33.1 Å². The Hall–Kier alpha value is -2.19. The molecule has 0 radical (unpaired) electrons. The van der Waals surface area contributed by atoms with Gasteiger partial charge in [0.15, 0.2) is 0 Å². The monoisotopic (exact) mass is 391 g/mol. The summed E-state index contributed by atoms with van der Waals surface area (Å²) >= 11 is 2.74. The molecule has 6 nitrogen and oxygen atoms in total. The standard InChI is InChI=1S/C18H21N3O3S2/c1-9(2)6-11-8-25-16(14(11)18(23)24-5)19-15(22)13-7-12-10(3)20-21(4)17(12)26-13/h7-9H,6H2,1-5H3,(H,19,22). The zero-order valence-electron chi connectivity index (χ0n) is 15.4. The Bertz CT molecular complexity index is 947. The van der Waals surface area contributed by atoms with Crippen molar-refractivity contribution in [1.29, 1.82) is 0 Å². The molecule has 1 N–H and O–H groups in total. The number of carbonyl (C=O) groups excluding carboxylic acids is 2. The number of esters is 1. The molecule has 0 saturated heterocycles. The highest BCUT2D eigenvalue weighted by Crippen LogP contribution is 2.33. The van der Waals surface area contributed by atoms with Crippen LogP contribution in [0.1, 0.15) is 45.1 Å². The fraction of sp³-hybridized carbons (Fsp3) is 0.389. The second-order valence-corrected chi connectivity index (χ2v) is 8.46. The maximum Gasteiger partial charge on any atom is 0.341 e. The van der Waals surface area contributed by atoms with Crippen LogP contribution < -0.4 is 5.32 Å². The summed E-state index contributed by atoms with van der Waals surface area (Å²) in [5, 5.41) is 10.7. The summed E-state index contributed by atoms with van der Waals surface area (Å²) in [5.74, 6) is -0.253. The van der Waals surface area contributed by atoms with Crippen LogP contribution in [-0.2, 0) is 18.2 Å². The number of methoxy groups -OCH3 is 1. The van der Waals surface area contributed by atoms with Gasteiger partial charge in [0.2, 0.25) is 0 Å². The van der Waals surface area contributed by atoms with Crippen LogP contribution in [0.2, 0.25) is 0 Å². The molecular weight excluding hydrogens is 370 g/mol. The summed E-state index contributed by atoms with van der Waals surface area (Å²) in [6.07, 6.45) is 0.755. The van der Waals surface area contributed by atoms with E-state index in [1.165, 1.54) is 29.8 Å². The normalized spacial score (nSPS) is 11.3. The number of anilines is 1. The first kappa shape index (κ1) is 18.6. The van der Waals surface area contributed by atoms with Gasteiger partial charge in [-0.05, 0) is 36.3 Å². The minimum absolute atomic E-state index is 0.228. The van der Waals surface area contributed by atoms with Crippen molar-refractivity contribution in [2.24, 2.45) is 13.0 Å². The fourth-order valence-electron chi connectivity index (χ4n) is 2.88. The van der Waals surface area contributed by atoms with Crippen molar-refractivity contribution >= 4 is 49.8 Å². The van der Waals surface area contributed by atoms with Gasteiger partial charge in [-0.15, -0.1) is 22.7 Å². The van der Waals surface area contributed by atoms with Crippen LogP contribution >= 0.6 is 22.7 Å². The first-order valence-electron chi connectivity index (χ1n) is 8.25. The largest absolute Gasteiger partial charge is 0.465 e. The number of aryl methyl sites for hydroxylation is 2. The van der Waals surface area contributed by atoms with Crippen LogP contribution in [0.4, 0.5) is 5.00 Å². The number of hydrogen-bond acceptors (Lipinski definition) is 6. The lowest BCUT2D eigenvalue weighted by Crippen LogP contribution is -2.14. The third-order valence-electron chi connectivity index (χ3n) is 4.03. The van der Waals surface area contributed by atoms with E-state index in [0.717, 1.165) is 27.9 Å². The molecule has 0 aliphatic carbocycles. The fourth-order valence-corrected chi connectivity index (χ4v) is 4.86. The molecule has 0 spiro atoms. The molecule has 0 fully saturated rings. The molecular formula is C18H21N3O3S2. The summed E-state index contributed by atoms with van der Waals surface area (Å²) in [5.41, 5.74) is 2.26. The number of ether oxygens (including phenoxy) is 1. The Morgan fingerprint density at radius 2 is 2.12 bits per heavy atom. The number of amides is 1. The van der Waals surface area contributed by atoms with Crippen LogP contribution in [0, 0.1) is 12.8 Å². The number of nitrogens with zero attached hydrogens (tertiary/aromatic N) is 2. The van der Waals surface area contributed by atoms with Gasteiger partial charge in [-0.1, -0.05) is 13.8 Å². The molecule has 0 unspecified atom stereocenters. The number of rotatable bonds is 5. The molecule has 138 valence electrons. The third kappa shape index (κ3) is 3.39. The summed E-state index contributed by atoms with van der Waals surface area (Å²) in [6, 6.07) is 1.85. The predicted octanol–water partition coefficient (Wildman–Crippen LogP) is 4.24. The predicted molar refractivity (Wildman–Crippen MR) is 105 cm³/mol. The van der Waals surface area contributed by atoms with Crippen molar-refractivity contribution in [2.75, 3.05) is 12.4 Å². The number of carbonyl (C=O) groups is 2. The summed E-state index contributed by atoms with van der Waals surface area (Å²) in [7, 11) is 3.22. The number of nitrogens with one attached hydrogen (secondary N) is 1. The van der Waals surface area contributed by atoms with Crippen LogP contribution in [0.25, 0.3) is 10.2 Å². The lowest BCUT2D eigenvalue weighted by Gasteiger charge is -2.08.